The van der Waals surface area contributed by atoms with Gasteiger partial charge in [-0.25, -0.2) is 0 Å². The van der Waals surface area contributed by atoms with Gasteiger partial charge in [-0.3, -0.25) is 0 Å². The first-order chi connectivity index (χ1) is 14.8. The quantitative estimate of drug-likeness (QED) is 0.507. The van der Waals surface area contributed by atoms with Crippen molar-refractivity contribution in [3.05, 3.63) is 11.1 Å². The van der Waals surface area contributed by atoms with Gasteiger partial charge < -0.3 is 15.8 Å². The van der Waals surface area contributed by atoms with Gasteiger partial charge in [-0.2, -0.15) is 0 Å². The molecule has 3 nitrogen and oxygen atoms in total. The normalized spacial score (nSPS) is 56.6. The lowest BCUT2D eigenvalue weighted by molar-refractivity contribution is -0.0745. The van der Waals surface area contributed by atoms with Crippen molar-refractivity contribution in [2.45, 2.75) is 116 Å². The summed E-state index contributed by atoms with van der Waals surface area (Å²) in [5.74, 6) is 4.92. The maximum atomic E-state index is 7.04. The number of ether oxygens (including phenoxy) is 1. The van der Waals surface area contributed by atoms with Crippen LogP contribution in [0, 0.1) is 40.9 Å². The summed E-state index contributed by atoms with van der Waals surface area (Å²) < 4.78 is 7.04. The van der Waals surface area contributed by atoms with E-state index in [0.29, 0.717) is 29.5 Å². The first kappa shape index (κ1) is 21.2. The van der Waals surface area contributed by atoms with Crippen LogP contribution in [-0.4, -0.2) is 30.3 Å². The van der Waals surface area contributed by atoms with Crippen LogP contribution in [0.3, 0.4) is 0 Å². The number of nitrogens with one attached hydrogen (secondary N) is 1. The molecule has 0 aromatic heterocycles. The summed E-state index contributed by atoms with van der Waals surface area (Å²) in [4.78, 5) is 0. The molecular weight excluding hydrogens is 380 g/mol. The van der Waals surface area contributed by atoms with Crippen LogP contribution in [0.15, 0.2) is 11.1 Å². The first-order valence-electron chi connectivity index (χ1n) is 13.7. The summed E-state index contributed by atoms with van der Waals surface area (Å²) in [6, 6.07) is 1.03. The Kier molecular flexibility index (Phi) is 4.99. The van der Waals surface area contributed by atoms with Crippen molar-refractivity contribution >= 4 is 0 Å². The van der Waals surface area contributed by atoms with Gasteiger partial charge in [-0.1, -0.05) is 31.9 Å². The van der Waals surface area contributed by atoms with E-state index in [9.17, 15) is 0 Å². The molecule has 4 aliphatic carbocycles. The molecule has 3 heteroatoms. The molecule has 174 valence electrons. The molecule has 6 aliphatic rings. The van der Waals surface area contributed by atoms with Crippen LogP contribution in [0.5, 0.6) is 0 Å². The third-order valence-electron chi connectivity index (χ3n) is 11.7. The summed E-state index contributed by atoms with van der Waals surface area (Å²) >= 11 is 0. The van der Waals surface area contributed by atoms with E-state index in [1.807, 2.05) is 5.57 Å². The maximum absolute atomic E-state index is 7.04. The molecule has 5 fully saturated rings. The summed E-state index contributed by atoms with van der Waals surface area (Å²) in [6.45, 7) is 11.2. The number of hydrogen-bond acceptors (Lipinski definition) is 3. The highest BCUT2D eigenvalue weighted by atomic mass is 16.5. The van der Waals surface area contributed by atoms with E-state index in [1.165, 1.54) is 70.8 Å². The Bertz CT molecular complexity index is 762. The van der Waals surface area contributed by atoms with Crippen molar-refractivity contribution in [1.82, 2.24) is 5.32 Å². The molecule has 0 aromatic carbocycles. The van der Waals surface area contributed by atoms with E-state index < -0.39 is 0 Å². The molecule has 2 aliphatic heterocycles. The van der Waals surface area contributed by atoms with Crippen LogP contribution >= 0.6 is 0 Å². The van der Waals surface area contributed by atoms with Crippen LogP contribution in [0.2, 0.25) is 0 Å². The second-order valence-corrected chi connectivity index (χ2v) is 13.2. The molecular formula is C28H46N2O. The lowest BCUT2D eigenvalue weighted by Crippen LogP contribution is -2.49. The highest BCUT2D eigenvalue weighted by molar-refractivity contribution is 5.29. The van der Waals surface area contributed by atoms with Gasteiger partial charge in [-0.05, 0) is 113 Å². The molecule has 0 bridgehead atoms. The van der Waals surface area contributed by atoms with Crippen LogP contribution < -0.4 is 11.1 Å². The Morgan fingerprint density at radius 3 is 2.74 bits per heavy atom. The molecule has 3 N–H and O–H groups in total. The Labute approximate surface area is 190 Å². The minimum absolute atomic E-state index is 0.0853. The second-order valence-electron chi connectivity index (χ2n) is 13.2. The van der Waals surface area contributed by atoms with Crippen molar-refractivity contribution in [2.24, 2.45) is 46.7 Å². The zero-order valence-corrected chi connectivity index (χ0v) is 20.5. The number of rotatable bonds is 0. The molecule has 1 spiro atoms. The molecule has 2 heterocycles. The number of fused-ring (bicyclic) bond motifs is 6. The Morgan fingerprint density at radius 1 is 1.06 bits per heavy atom. The standard InChI is InChI=1S/C28H46N2O/c1-16-11-25-26(30-15-16)18(3)28(31-25)10-8-21-22-6-5-19-12-20(29)7-9-27(19,4)24(22)13-23(21)17(2)14-28/h16,18-22,24-26,30H,5-15,29H2,1-4H3/t16-,18+,19+,20+,21-,22-,24-,25+,26?,27-,28-/m0/s1. The first-order valence-corrected chi connectivity index (χ1v) is 13.7. The van der Waals surface area contributed by atoms with Gasteiger partial charge >= 0.3 is 0 Å². The molecule has 0 aromatic rings. The third-order valence-corrected chi connectivity index (χ3v) is 11.7. The number of nitrogens with two attached hydrogens (primary N) is 1. The number of hydrogen-bond donors (Lipinski definition) is 2. The Morgan fingerprint density at radius 2 is 1.90 bits per heavy atom. The predicted octanol–water partition coefficient (Wildman–Crippen LogP) is 5.44. The molecule has 0 radical (unpaired) electrons. The van der Waals surface area contributed by atoms with Gasteiger partial charge in [0.15, 0.2) is 0 Å². The zero-order chi connectivity index (χ0) is 21.5. The second kappa shape index (κ2) is 7.31. The van der Waals surface area contributed by atoms with Crippen LogP contribution in [0.25, 0.3) is 0 Å². The number of allylic oxidation sites excluding steroid dienone is 1. The molecule has 3 saturated carbocycles. The maximum Gasteiger partial charge on any atom is 0.0765 e. The average molecular weight is 427 g/mol. The lowest BCUT2D eigenvalue weighted by atomic mass is 9.52. The van der Waals surface area contributed by atoms with Gasteiger partial charge in [0.1, 0.15) is 0 Å². The molecule has 0 amide bonds. The zero-order valence-electron chi connectivity index (χ0n) is 20.5. The molecule has 1 unspecified atom stereocenters. The predicted molar refractivity (Wildman–Crippen MR) is 127 cm³/mol. The fourth-order valence-corrected chi connectivity index (χ4v) is 9.86. The van der Waals surface area contributed by atoms with E-state index in [1.54, 1.807) is 5.57 Å². The lowest BCUT2D eigenvalue weighted by Gasteiger charge is -2.54. The number of piperidine rings is 1. The summed E-state index contributed by atoms with van der Waals surface area (Å²) in [7, 11) is 0. The molecule has 6 rings (SSSR count). The summed E-state index contributed by atoms with van der Waals surface area (Å²) in [6.07, 6.45) is 13.7. The van der Waals surface area contributed by atoms with Gasteiger partial charge in [0.2, 0.25) is 0 Å². The van der Waals surface area contributed by atoms with E-state index in [2.05, 4.69) is 33.0 Å². The van der Waals surface area contributed by atoms with Gasteiger partial charge in [0.25, 0.3) is 0 Å². The molecule has 2 saturated heterocycles. The van der Waals surface area contributed by atoms with E-state index in [-0.39, 0.29) is 5.60 Å². The van der Waals surface area contributed by atoms with E-state index >= 15 is 0 Å². The molecule has 11 atom stereocenters. The largest absolute Gasteiger partial charge is 0.369 e. The van der Waals surface area contributed by atoms with Crippen molar-refractivity contribution in [1.29, 1.82) is 0 Å². The minimum atomic E-state index is 0.0853. The van der Waals surface area contributed by atoms with Crippen LogP contribution in [0.1, 0.15) is 91.9 Å². The SMILES string of the molecule is CC1=C2C[C@H]3[C@@H](CC[C@@H]4C[C@H](N)CC[C@@]43C)[C@@H]2CC[C@@]2(C1)O[C@@H]1C[C@H](C)CNC1[C@H]2C. The smallest absolute Gasteiger partial charge is 0.0765 e. The van der Waals surface area contributed by atoms with Gasteiger partial charge in [0.05, 0.1) is 11.7 Å². The van der Waals surface area contributed by atoms with Gasteiger partial charge in [0, 0.05) is 18.0 Å². The highest BCUT2D eigenvalue weighted by Gasteiger charge is 2.59. The third kappa shape index (κ3) is 3.08. The van der Waals surface area contributed by atoms with Crippen molar-refractivity contribution in [2.75, 3.05) is 6.54 Å². The Hall–Kier alpha value is -0.380. The van der Waals surface area contributed by atoms with Crippen LogP contribution in [-0.2, 0) is 4.74 Å². The topological polar surface area (TPSA) is 47.3 Å². The van der Waals surface area contributed by atoms with Crippen molar-refractivity contribution in [3.63, 3.8) is 0 Å². The van der Waals surface area contributed by atoms with Crippen molar-refractivity contribution < 1.29 is 4.74 Å². The van der Waals surface area contributed by atoms with Crippen molar-refractivity contribution in [3.8, 4) is 0 Å². The fourth-order valence-electron chi connectivity index (χ4n) is 9.86. The van der Waals surface area contributed by atoms with Gasteiger partial charge in [-0.15, -0.1) is 0 Å². The summed E-state index contributed by atoms with van der Waals surface area (Å²) in [5, 5.41) is 3.87. The molecule has 31 heavy (non-hydrogen) atoms. The highest BCUT2D eigenvalue weighted by Crippen LogP contribution is 2.65. The summed E-state index contributed by atoms with van der Waals surface area (Å²) in [5.41, 5.74) is 10.6. The monoisotopic (exact) mass is 426 g/mol. The minimum Gasteiger partial charge on any atom is -0.369 e. The Balaban J connectivity index is 1.27. The van der Waals surface area contributed by atoms with E-state index in [4.69, 9.17) is 10.5 Å². The van der Waals surface area contributed by atoms with E-state index in [0.717, 1.165) is 29.6 Å². The fraction of sp³-hybridized carbons (Fsp3) is 0.929. The average Bonchev–Trinajstić information content (AvgIpc) is 3.19. The van der Waals surface area contributed by atoms with Crippen LogP contribution in [0.4, 0.5) is 0 Å².